The van der Waals surface area contributed by atoms with Crippen molar-refractivity contribution in [1.82, 2.24) is 0 Å². The molecule has 0 spiro atoms. The summed E-state index contributed by atoms with van der Waals surface area (Å²) >= 11 is 0. The van der Waals surface area contributed by atoms with E-state index in [0.717, 1.165) is 50.2 Å². The first-order valence-corrected chi connectivity index (χ1v) is 9.13. The van der Waals surface area contributed by atoms with Gasteiger partial charge >= 0.3 is 0 Å². The fourth-order valence-corrected chi connectivity index (χ4v) is 2.90. The molecule has 0 unspecified atom stereocenters. The molecular weight excluding hydrogens is 288 g/mol. The molecule has 1 saturated heterocycles. The summed E-state index contributed by atoms with van der Waals surface area (Å²) in [6, 6.07) is 8.15. The first kappa shape index (κ1) is 18.3. The highest BCUT2D eigenvalue weighted by molar-refractivity contribution is 5.28. The molecule has 0 radical (unpaired) electrons. The molecule has 0 aliphatic carbocycles. The van der Waals surface area contributed by atoms with Crippen molar-refractivity contribution in [2.24, 2.45) is 11.8 Å². The highest BCUT2D eigenvalue weighted by Crippen LogP contribution is 2.33. The molecule has 1 aromatic carbocycles. The van der Waals surface area contributed by atoms with Crippen LogP contribution in [0.5, 0.6) is 5.75 Å². The summed E-state index contributed by atoms with van der Waals surface area (Å²) in [5.41, 5.74) is 1.08. The van der Waals surface area contributed by atoms with Gasteiger partial charge < -0.3 is 14.2 Å². The summed E-state index contributed by atoms with van der Waals surface area (Å²) in [7, 11) is 0. The summed E-state index contributed by atoms with van der Waals surface area (Å²) in [6.45, 7) is 10.4. The lowest BCUT2D eigenvalue weighted by molar-refractivity contribution is -0.243. The van der Waals surface area contributed by atoms with E-state index in [-0.39, 0.29) is 6.29 Å². The van der Waals surface area contributed by atoms with Crippen LogP contribution in [0.4, 0.5) is 0 Å². The zero-order valence-corrected chi connectivity index (χ0v) is 15.1. The van der Waals surface area contributed by atoms with Gasteiger partial charge in [0.05, 0.1) is 19.3 Å². The predicted octanol–water partition coefficient (Wildman–Crippen LogP) is 5.35. The quantitative estimate of drug-likeness (QED) is 0.646. The van der Waals surface area contributed by atoms with E-state index in [4.69, 9.17) is 14.2 Å². The van der Waals surface area contributed by atoms with Crippen LogP contribution < -0.4 is 4.74 Å². The Hall–Kier alpha value is -1.06. The van der Waals surface area contributed by atoms with Crippen molar-refractivity contribution in [3.8, 4) is 5.75 Å². The molecule has 0 N–H and O–H groups in total. The van der Waals surface area contributed by atoms with Crippen molar-refractivity contribution in [2.75, 3.05) is 13.2 Å². The van der Waals surface area contributed by atoms with Gasteiger partial charge in [-0.3, -0.25) is 0 Å². The standard InChI is InChI=1S/C20H32O3/c1-5-7-19-16(6-2)14-22-20(23-19)17-8-10-18(11-9-17)21-13-12-15(3)4/h8-11,15-16,19-20H,5-7,12-14H2,1-4H3/t16-,19-,20+/m1/s1. The first-order valence-electron chi connectivity index (χ1n) is 9.13. The van der Waals surface area contributed by atoms with Crippen LogP contribution in [0.3, 0.4) is 0 Å². The lowest BCUT2D eigenvalue weighted by atomic mass is 9.95. The number of hydrogen-bond donors (Lipinski definition) is 0. The predicted molar refractivity (Wildman–Crippen MR) is 93.6 cm³/mol. The van der Waals surface area contributed by atoms with Crippen molar-refractivity contribution in [2.45, 2.75) is 65.8 Å². The van der Waals surface area contributed by atoms with Crippen molar-refractivity contribution >= 4 is 0 Å². The van der Waals surface area contributed by atoms with Crippen molar-refractivity contribution in [1.29, 1.82) is 0 Å². The molecule has 1 aromatic rings. The molecule has 1 fully saturated rings. The van der Waals surface area contributed by atoms with Crippen LogP contribution in [0, 0.1) is 11.8 Å². The fourth-order valence-electron chi connectivity index (χ4n) is 2.90. The minimum Gasteiger partial charge on any atom is -0.494 e. The zero-order chi connectivity index (χ0) is 16.7. The second kappa shape index (κ2) is 9.29. The maximum absolute atomic E-state index is 6.21. The van der Waals surface area contributed by atoms with Gasteiger partial charge in [0.1, 0.15) is 5.75 Å². The number of benzene rings is 1. The molecule has 2 rings (SSSR count). The molecule has 1 heterocycles. The van der Waals surface area contributed by atoms with E-state index in [1.807, 2.05) is 12.1 Å². The molecule has 130 valence electrons. The van der Waals surface area contributed by atoms with Crippen LogP contribution >= 0.6 is 0 Å². The second-order valence-electron chi connectivity index (χ2n) is 6.90. The topological polar surface area (TPSA) is 27.7 Å². The number of ether oxygens (including phenoxy) is 3. The molecule has 23 heavy (non-hydrogen) atoms. The fraction of sp³-hybridized carbons (Fsp3) is 0.700. The Morgan fingerprint density at radius 1 is 1.17 bits per heavy atom. The molecule has 0 saturated carbocycles. The molecule has 3 atom stereocenters. The molecule has 1 aliphatic rings. The molecule has 0 amide bonds. The van der Waals surface area contributed by atoms with E-state index in [2.05, 4.69) is 39.8 Å². The third-order valence-electron chi connectivity index (χ3n) is 4.50. The van der Waals surface area contributed by atoms with Gasteiger partial charge in [-0.25, -0.2) is 0 Å². The van der Waals surface area contributed by atoms with Gasteiger partial charge in [-0.15, -0.1) is 0 Å². The van der Waals surface area contributed by atoms with Crippen LogP contribution in [-0.2, 0) is 9.47 Å². The van der Waals surface area contributed by atoms with Crippen LogP contribution in [0.25, 0.3) is 0 Å². The minimum atomic E-state index is -0.237. The van der Waals surface area contributed by atoms with Gasteiger partial charge in [-0.2, -0.15) is 0 Å². The van der Waals surface area contributed by atoms with Gasteiger partial charge in [-0.05, 0) is 37.3 Å². The van der Waals surface area contributed by atoms with E-state index >= 15 is 0 Å². The van der Waals surface area contributed by atoms with Crippen LogP contribution in [0.15, 0.2) is 24.3 Å². The highest BCUT2D eigenvalue weighted by atomic mass is 16.7. The SMILES string of the molecule is CCC[C@H]1O[C@@H](c2ccc(OCCC(C)C)cc2)OC[C@H]1CC. The van der Waals surface area contributed by atoms with Gasteiger partial charge in [0.2, 0.25) is 0 Å². The van der Waals surface area contributed by atoms with E-state index in [1.165, 1.54) is 0 Å². The maximum Gasteiger partial charge on any atom is 0.184 e. The van der Waals surface area contributed by atoms with Crippen LogP contribution in [0.2, 0.25) is 0 Å². The lowest BCUT2D eigenvalue weighted by Gasteiger charge is -2.36. The van der Waals surface area contributed by atoms with Gasteiger partial charge in [0, 0.05) is 11.5 Å². The van der Waals surface area contributed by atoms with Crippen LogP contribution in [0.1, 0.15) is 65.2 Å². The average Bonchev–Trinajstić information content (AvgIpc) is 2.55. The van der Waals surface area contributed by atoms with Crippen molar-refractivity contribution in [3.05, 3.63) is 29.8 Å². The van der Waals surface area contributed by atoms with E-state index < -0.39 is 0 Å². The Morgan fingerprint density at radius 3 is 2.52 bits per heavy atom. The Balaban J connectivity index is 1.91. The molecule has 0 bridgehead atoms. The van der Waals surface area contributed by atoms with E-state index in [9.17, 15) is 0 Å². The summed E-state index contributed by atoms with van der Waals surface area (Å²) < 4.78 is 17.9. The van der Waals surface area contributed by atoms with Gasteiger partial charge in [0.15, 0.2) is 6.29 Å². The van der Waals surface area contributed by atoms with E-state index in [1.54, 1.807) is 0 Å². The number of hydrogen-bond acceptors (Lipinski definition) is 3. The summed E-state index contributed by atoms with van der Waals surface area (Å²) in [5, 5.41) is 0. The van der Waals surface area contributed by atoms with Crippen LogP contribution in [-0.4, -0.2) is 19.3 Å². The Morgan fingerprint density at radius 2 is 1.91 bits per heavy atom. The first-order chi connectivity index (χ1) is 11.1. The molecule has 1 aliphatic heterocycles. The summed E-state index contributed by atoms with van der Waals surface area (Å²) in [6.07, 6.45) is 4.52. The summed E-state index contributed by atoms with van der Waals surface area (Å²) in [5.74, 6) is 2.10. The Bertz CT molecular complexity index is 441. The number of rotatable bonds is 8. The highest BCUT2D eigenvalue weighted by Gasteiger charge is 2.30. The third kappa shape index (κ3) is 5.50. The minimum absolute atomic E-state index is 0.237. The molecule has 0 aromatic heterocycles. The molecular formula is C20H32O3. The largest absolute Gasteiger partial charge is 0.494 e. The second-order valence-corrected chi connectivity index (χ2v) is 6.90. The Labute approximate surface area is 141 Å². The van der Waals surface area contributed by atoms with E-state index in [0.29, 0.717) is 17.9 Å². The van der Waals surface area contributed by atoms with Crippen molar-refractivity contribution in [3.63, 3.8) is 0 Å². The average molecular weight is 320 g/mol. The molecule has 3 heteroatoms. The lowest BCUT2D eigenvalue weighted by Crippen LogP contribution is -2.35. The smallest absolute Gasteiger partial charge is 0.184 e. The molecule has 3 nitrogen and oxygen atoms in total. The zero-order valence-electron chi connectivity index (χ0n) is 15.1. The third-order valence-corrected chi connectivity index (χ3v) is 4.50. The monoisotopic (exact) mass is 320 g/mol. The van der Waals surface area contributed by atoms with Crippen molar-refractivity contribution < 1.29 is 14.2 Å². The summed E-state index contributed by atoms with van der Waals surface area (Å²) in [4.78, 5) is 0. The van der Waals surface area contributed by atoms with Gasteiger partial charge in [-0.1, -0.05) is 46.2 Å². The van der Waals surface area contributed by atoms with Gasteiger partial charge in [0.25, 0.3) is 0 Å². The normalized spacial score (nSPS) is 24.8. The Kier molecular flexibility index (Phi) is 7.38. The maximum atomic E-state index is 6.21.